The number of phenols is 1. The molecule has 1 N–H and O–H groups in total. The number of aryl methyl sites for hydroxylation is 2. The zero-order valence-corrected chi connectivity index (χ0v) is 14.5. The molecular formula is C17H24N3OS+. The Balaban J connectivity index is 2.24. The van der Waals surface area contributed by atoms with Crippen LogP contribution < -0.4 is 9.58 Å². The Morgan fingerprint density at radius 1 is 1.27 bits per heavy atom. The van der Waals surface area contributed by atoms with E-state index in [9.17, 15) is 5.11 Å². The average Bonchev–Trinajstić information content (AvgIpc) is 2.87. The van der Waals surface area contributed by atoms with Gasteiger partial charge in [-0.25, -0.2) is 0 Å². The van der Waals surface area contributed by atoms with E-state index < -0.39 is 0 Å². The highest BCUT2D eigenvalue weighted by Crippen LogP contribution is 2.25. The summed E-state index contributed by atoms with van der Waals surface area (Å²) in [5.41, 5.74) is 1.85. The molecule has 0 aliphatic carbocycles. The maximum atomic E-state index is 10.2. The summed E-state index contributed by atoms with van der Waals surface area (Å²) in [7, 11) is 0. The molecule has 0 fully saturated rings. The van der Waals surface area contributed by atoms with Crippen LogP contribution in [0.25, 0.3) is 12.3 Å². The largest absolute Gasteiger partial charge is 0.507 e. The molecule has 0 atom stereocenters. The molecular weight excluding hydrogens is 294 g/mol. The van der Waals surface area contributed by atoms with Gasteiger partial charge in [-0.3, -0.25) is 0 Å². The number of rotatable bonds is 6. The summed E-state index contributed by atoms with van der Waals surface area (Å²) in [5.74, 6) is 0.297. The number of nitrogens with zero attached hydrogens (tertiary/aromatic N) is 3. The lowest BCUT2D eigenvalue weighted by Crippen LogP contribution is -2.31. The lowest BCUT2D eigenvalue weighted by atomic mass is 10.1. The van der Waals surface area contributed by atoms with Crippen LogP contribution in [0.4, 0.5) is 5.69 Å². The first-order valence-electron chi connectivity index (χ1n) is 7.73. The van der Waals surface area contributed by atoms with Crippen molar-refractivity contribution in [3.63, 3.8) is 0 Å². The van der Waals surface area contributed by atoms with Crippen LogP contribution in [-0.2, 0) is 6.42 Å². The molecule has 0 radical (unpaired) electrons. The number of benzene rings is 1. The molecule has 0 unspecified atom stereocenters. The fourth-order valence-electron chi connectivity index (χ4n) is 2.41. The van der Waals surface area contributed by atoms with Gasteiger partial charge in [-0.2, -0.15) is 0 Å². The summed E-state index contributed by atoms with van der Waals surface area (Å²) in [6, 6.07) is 5.82. The van der Waals surface area contributed by atoms with E-state index in [0.717, 1.165) is 35.8 Å². The highest BCUT2D eigenvalue weighted by Gasteiger charge is 2.13. The van der Waals surface area contributed by atoms with Crippen molar-refractivity contribution in [3.05, 3.63) is 33.8 Å². The van der Waals surface area contributed by atoms with Gasteiger partial charge in [-0.1, -0.05) is 6.92 Å². The molecule has 1 heterocycles. The van der Waals surface area contributed by atoms with Crippen molar-refractivity contribution in [1.82, 2.24) is 5.10 Å². The second-order valence-corrected chi connectivity index (χ2v) is 6.31. The molecule has 0 spiro atoms. The van der Waals surface area contributed by atoms with Gasteiger partial charge in [0, 0.05) is 48.0 Å². The lowest BCUT2D eigenvalue weighted by Gasteiger charge is -2.21. The summed E-state index contributed by atoms with van der Waals surface area (Å²) in [5, 5.41) is 16.9. The molecule has 0 bridgehead atoms. The molecule has 1 aromatic heterocycles. The van der Waals surface area contributed by atoms with Gasteiger partial charge in [0.1, 0.15) is 5.75 Å². The Bertz CT molecular complexity index is 660. The van der Waals surface area contributed by atoms with E-state index in [-0.39, 0.29) is 0 Å². The molecule has 2 aromatic rings. The lowest BCUT2D eigenvalue weighted by molar-refractivity contribution is -0.635. The Hall–Kier alpha value is -1.88. The van der Waals surface area contributed by atoms with Gasteiger partial charge < -0.3 is 10.0 Å². The maximum Gasteiger partial charge on any atom is 0.271 e. The van der Waals surface area contributed by atoms with Crippen LogP contribution >= 0.6 is 11.3 Å². The van der Waals surface area contributed by atoms with E-state index >= 15 is 0 Å². The Morgan fingerprint density at radius 2 is 2.00 bits per heavy atom. The number of phenolic OH excluding ortho intramolecular Hbond substituents is 1. The van der Waals surface area contributed by atoms with Gasteiger partial charge in [0.2, 0.25) is 6.20 Å². The molecule has 0 aliphatic heterocycles. The molecule has 22 heavy (non-hydrogen) atoms. The monoisotopic (exact) mass is 318 g/mol. The van der Waals surface area contributed by atoms with E-state index in [1.54, 1.807) is 11.3 Å². The van der Waals surface area contributed by atoms with E-state index in [2.05, 4.69) is 30.8 Å². The molecule has 2 rings (SSSR count). The molecule has 5 heteroatoms. The van der Waals surface area contributed by atoms with Crippen molar-refractivity contribution < 1.29 is 9.79 Å². The van der Waals surface area contributed by atoms with Gasteiger partial charge in [-0.15, -0.1) is 0 Å². The van der Waals surface area contributed by atoms with Crippen molar-refractivity contribution in [3.8, 4) is 5.75 Å². The first kappa shape index (κ1) is 16.5. The van der Waals surface area contributed by atoms with Crippen LogP contribution in [0.5, 0.6) is 5.75 Å². The highest BCUT2D eigenvalue weighted by atomic mass is 32.1. The molecule has 4 nitrogen and oxygen atoms in total. The predicted octanol–water partition coefficient (Wildman–Crippen LogP) is 3.48. The first-order valence-corrected chi connectivity index (χ1v) is 8.54. The van der Waals surface area contributed by atoms with Crippen molar-refractivity contribution >= 4 is 29.3 Å². The minimum Gasteiger partial charge on any atom is -0.507 e. The Morgan fingerprint density at radius 3 is 2.59 bits per heavy atom. The molecule has 118 valence electrons. The normalized spacial score (nSPS) is 11.3. The van der Waals surface area contributed by atoms with Crippen molar-refractivity contribution in [2.75, 3.05) is 18.0 Å². The van der Waals surface area contributed by atoms with Gasteiger partial charge in [0.05, 0.1) is 0 Å². The Kier molecular flexibility index (Phi) is 5.55. The van der Waals surface area contributed by atoms with Gasteiger partial charge in [0.25, 0.3) is 5.01 Å². The SMILES string of the molecule is CCc1sc(C)n[n+]1C=Cc1ccc(N(CC)CC)cc1O. The molecule has 0 amide bonds. The van der Waals surface area contributed by atoms with Gasteiger partial charge in [0.15, 0.2) is 5.01 Å². The van der Waals surface area contributed by atoms with E-state index in [1.807, 2.05) is 42.1 Å². The van der Waals surface area contributed by atoms with Crippen molar-refractivity contribution in [1.29, 1.82) is 0 Å². The van der Waals surface area contributed by atoms with E-state index in [0.29, 0.717) is 5.75 Å². The van der Waals surface area contributed by atoms with Crippen LogP contribution in [0.1, 0.15) is 36.3 Å². The maximum absolute atomic E-state index is 10.2. The van der Waals surface area contributed by atoms with Crippen molar-refractivity contribution in [2.24, 2.45) is 0 Å². The van der Waals surface area contributed by atoms with E-state index in [4.69, 9.17) is 0 Å². The fraction of sp³-hybridized carbons (Fsp3) is 0.412. The third-order valence-corrected chi connectivity index (χ3v) is 4.70. The smallest absolute Gasteiger partial charge is 0.271 e. The Labute approximate surface area is 136 Å². The standard InChI is InChI=1S/C17H23N3OS/c1-5-17-20(18-13(4)22-17)11-10-14-8-9-15(12-16(14)21)19(6-2)7-3/h8-12H,5-7H2,1-4H3/p+1. The minimum atomic E-state index is 0.297. The third kappa shape index (κ3) is 3.65. The molecule has 0 aliphatic rings. The van der Waals surface area contributed by atoms with Crippen LogP contribution in [0.15, 0.2) is 18.2 Å². The second-order valence-electron chi connectivity index (χ2n) is 5.04. The summed E-state index contributed by atoms with van der Waals surface area (Å²) >= 11 is 1.70. The number of hydrogen-bond donors (Lipinski definition) is 1. The summed E-state index contributed by atoms with van der Waals surface area (Å²) in [4.78, 5) is 2.21. The van der Waals surface area contributed by atoms with Gasteiger partial charge >= 0.3 is 0 Å². The van der Waals surface area contributed by atoms with E-state index in [1.165, 1.54) is 5.01 Å². The number of aromatic nitrogens is 2. The topological polar surface area (TPSA) is 40.2 Å². The predicted molar refractivity (Wildman–Crippen MR) is 93.3 cm³/mol. The fourth-order valence-corrected chi connectivity index (χ4v) is 3.21. The molecule has 1 aromatic carbocycles. The zero-order chi connectivity index (χ0) is 16.1. The number of anilines is 1. The summed E-state index contributed by atoms with van der Waals surface area (Å²) in [6.45, 7) is 10.2. The summed E-state index contributed by atoms with van der Waals surface area (Å²) < 4.78 is 1.89. The number of hydrogen-bond acceptors (Lipinski definition) is 4. The van der Waals surface area contributed by atoms with Crippen LogP contribution in [0.2, 0.25) is 0 Å². The van der Waals surface area contributed by atoms with Crippen LogP contribution in [0.3, 0.4) is 0 Å². The zero-order valence-electron chi connectivity index (χ0n) is 13.7. The highest BCUT2D eigenvalue weighted by molar-refractivity contribution is 7.10. The molecule has 0 saturated heterocycles. The quantitative estimate of drug-likeness (QED) is 0.829. The molecule has 0 saturated carbocycles. The third-order valence-electron chi connectivity index (χ3n) is 3.61. The van der Waals surface area contributed by atoms with Crippen LogP contribution in [0, 0.1) is 6.92 Å². The average molecular weight is 318 g/mol. The number of aromatic hydroxyl groups is 1. The van der Waals surface area contributed by atoms with Crippen molar-refractivity contribution in [2.45, 2.75) is 34.1 Å². The minimum absolute atomic E-state index is 0.297. The van der Waals surface area contributed by atoms with Crippen LogP contribution in [-0.4, -0.2) is 23.3 Å². The first-order chi connectivity index (χ1) is 10.6. The summed E-state index contributed by atoms with van der Waals surface area (Å²) in [6.07, 6.45) is 4.76. The second kappa shape index (κ2) is 7.40. The van der Waals surface area contributed by atoms with Gasteiger partial charge in [-0.05, 0) is 48.9 Å².